The molecule has 0 heterocycles. The van der Waals surface area contributed by atoms with E-state index >= 15 is 0 Å². The molecule has 1 unspecified atom stereocenters. The molecule has 0 saturated heterocycles. The summed E-state index contributed by atoms with van der Waals surface area (Å²) in [7, 11) is 0. The summed E-state index contributed by atoms with van der Waals surface area (Å²) in [5, 5.41) is 18.8. The zero-order valence-corrected chi connectivity index (χ0v) is 15.5. The van der Waals surface area contributed by atoms with E-state index in [4.69, 9.17) is 0 Å². The van der Waals surface area contributed by atoms with E-state index in [1.54, 1.807) is 6.92 Å². The highest BCUT2D eigenvalue weighted by Crippen LogP contribution is 2.43. The second kappa shape index (κ2) is 10.7. The van der Waals surface area contributed by atoms with E-state index in [2.05, 4.69) is 6.92 Å². The number of carboxylic acid groups (broad SMARTS) is 2. The number of hydrogen-bond donors (Lipinski definition) is 2. The molecule has 0 aliphatic heterocycles. The first-order chi connectivity index (χ1) is 10.7. The van der Waals surface area contributed by atoms with Crippen LogP contribution in [0.3, 0.4) is 0 Å². The third-order valence-corrected chi connectivity index (χ3v) is 5.42. The van der Waals surface area contributed by atoms with Crippen LogP contribution < -0.4 is 0 Å². The van der Waals surface area contributed by atoms with Crippen LogP contribution in [-0.2, 0) is 9.59 Å². The number of carboxylic acids is 2. The second-order valence-electron chi connectivity index (χ2n) is 7.50. The standard InChI is InChI=1S/C19H36O4/c1-5-6-7-8-9-10-11-12-13-14-15-19(4,17(22)23)18(2,3)16(20)21/h5-15H2,1-4H3,(H,20,21)(H,22,23). The highest BCUT2D eigenvalue weighted by Gasteiger charge is 2.51. The molecule has 23 heavy (non-hydrogen) atoms. The highest BCUT2D eigenvalue weighted by atomic mass is 16.4. The zero-order chi connectivity index (χ0) is 17.9. The summed E-state index contributed by atoms with van der Waals surface area (Å²) < 4.78 is 0. The van der Waals surface area contributed by atoms with Crippen LogP contribution in [0.4, 0.5) is 0 Å². The molecular weight excluding hydrogens is 292 g/mol. The first-order valence-corrected chi connectivity index (χ1v) is 9.17. The number of aliphatic carboxylic acids is 2. The Labute approximate surface area is 141 Å². The Morgan fingerprint density at radius 3 is 1.43 bits per heavy atom. The third-order valence-electron chi connectivity index (χ3n) is 5.42. The fraction of sp³-hybridized carbons (Fsp3) is 0.895. The van der Waals surface area contributed by atoms with Crippen LogP contribution in [0.25, 0.3) is 0 Å². The zero-order valence-electron chi connectivity index (χ0n) is 15.5. The lowest BCUT2D eigenvalue weighted by atomic mass is 9.64. The lowest BCUT2D eigenvalue weighted by Gasteiger charge is -2.37. The molecule has 0 fully saturated rings. The van der Waals surface area contributed by atoms with Gasteiger partial charge in [-0.15, -0.1) is 0 Å². The van der Waals surface area contributed by atoms with Gasteiger partial charge in [-0.1, -0.05) is 71.1 Å². The molecule has 4 heteroatoms. The summed E-state index contributed by atoms with van der Waals surface area (Å²) >= 11 is 0. The lowest BCUT2D eigenvalue weighted by Crippen LogP contribution is -2.47. The normalized spacial score (nSPS) is 14.4. The Morgan fingerprint density at radius 1 is 0.696 bits per heavy atom. The highest BCUT2D eigenvalue weighted by molar-refractivity contribution is 5.85. The molecule has 0 amide bonds. The summed E-state index contributed by atoms with van der Waals surface area (Å²) in [6.07, 6.45) is 12.3. The third kappa shape index (κ3) is 6.92. The van der Waals surface area contributed by atoms with Gasteiger partial charge in [-0.05, 0) is 27.2 Å². The molecule has 0 aromatic heterocycles. The van der Waals surface area contributed by atoms with Gasteiger partial charge in [-0.3, -0.25) is 9.59 Å². The van der Waals surface area contributed by atoms with Crippen molar-refractivity contribution in [3.05, 3.63) is 0 Å². The van der Waals surface area contributed by atoms with Crippen molar-refractivity contribution in [3.63, 3.8) is 0 Å². The Kier molecular flexibility index (Phi) is 10.2. The Hall–Kier alpha value is -1.06. The average molecular weight is 328 g/mol. The smallest absolute Gasteiger partial charge is 0.310 e. The molecule has 0 aromatic rings. The van der Waals surface area contributed by atoms with E-state index in [9.17, 15) is 19.8 Å². The molecule has 0 aromatic carbocycles. The Balaban J connectivity index is 4.04. The minimum absolute atomic E-state index is 0.415. The van der Waals surface area contributed by atoms with Gasteiger partial charge in [-0.2, -0.15) is 0 Å². The largest absolute Gasteiger partial charge is 0.481 e. The summed E-state index contributed by atoms with van der Waals surface area (Å²) in [5.41, 5.74) is -2.49. The van der Waals surface area contributed by atoms with Gasteiger partial charge in [0.05, 0.1) is 10.8 Å². The molecule has 0 aliphatic rings. The molecule has 4 nitrogen and oxygen atoms in total. The van der Waals surface area contributed by atoms with Gasteiger partial charge in [0.2, 0.25) is 0 Å². The predicted molar refractivity (Wildman–Crippen MR) is 93.6 cm³/mol. The van der Waals surface area contributed by atoms with Crippen LogP contribution in [-0.4, -0.2) is 22.2 Å². The van der Waals surface area contributed by atoms with Crippen molar-refractivity contribution in [3.8, 4) is 0 Å². The lowest BCUT2D eigenvalue weighted by molar-refractivity contribution is -0.170. The van der Waals surface area contributed by atoms with Crippen molar-refractivity contribution in [1.29, 1.82) is 0 Å². The fourth-order valence-electron chi connectivity index (χ4n) is 2.89. The van der Waals surface area contributed by atoms with E-state index in [1.807, 2.05) is 0 Å². The van der Waals surface area contributed by atoms with E-state index in [0.29, 0.717) is 6.42 Å². The van der Waals surface area contributed by atoms with Gasteiger partial charge in [0.15, 0.2) is 0 Å². The van der Waals surface area contributed by atoms with Gasteiger partial charge in [0, 0.05) is 0 Å². The van der Waals surface area contributed by atoms with Gasteiger partial charge in [0.25, 0.3) is 0 Å². The van der Waals surface area contributed by atoms with Crippen molar-refractivity contribution < 1.29 is 19.8 Å². The minimum atomic E-state index is -1.27. The fourth-order valence-corrected chi connectivity index (χ4v) is 2.89. The number of carbonyl (C=O) groups is 2. The maximum Gasteiger partial charge on any atom is 0.310 e. The Morgan fingerprint density at radius 2 is 1.09 bits per heavy atom. The van der Waals surface area contributed by atoms with E-state index < -0.39 is 22.8 Å². The van der Waals surface area contributed by atoms with Gasteiger partial charge >= 0.3 is 11.9 Å². The molecule has 0 bridgehead atoms. The summed E-state index contributed by atoms with van der Waals surface area (Å²) in [5.74, 6) is -2.06. The number of hydrogen-bond acceptors (Lipinski definition) is 2. The van der Waals surface area contributed by atoms with Gasteiger partial charge in [0.1, 0.15) is 0 Å². The van der Waals surface area contributed by atoms with Crippen molar-refractivity contribution in [2.24, 2.45) is 10.8 Å². The van der Waals surface area contributed by atoms with E-state index in [0.717, 1.165) is 19.3 Å². The average Bonchev–Trinajstić information content (AvgIpc) is 2.48. The summed E-state index contributed by atoms with van der Waals surface area (Å²) in [6, 6.07) is 0. The van der Waals surface area contributed by atoms with Crippen molar-refractivity contribution in [1.82, 2.24) is 0 Å². The van der Waals surface area contributed by atoms with Crippen molar-refractivity contribution in [2.75, 3.05) is 0 Å². The molecule has 0 rings (SSSR count). The predicted octanol–water partition coefficient (Wildman–Crippen LogP) is 5.50. The SMILES string of the molecule is CCCCCCCCCCCCC(C)(C(=O)O)C(C)(C)C(=O)O. The van der Waals surface area contributed by atoms with Crippen LogP contribution >= 0.6 is 0 Å². The van der Waals surface area contributed by atoms with Crippen molar-refractivity contribution >= 4 is 11.9 Å². The van der Waals surface area contributed by atoms with Crippen LogP contribution in [0.5, 0.6) is 0 Å². The molecule has 0 saturated carbocycles. The van der Waals surface area contributed by atoms with Crippen LogP contribution in [0.1, 0.15) is 98.3 Å². The topological polar surface area (TPSA) is 74.6 Å². The maximum absolute atomic E-state index is 11.6. The summed E-state index contributed by atoms with van der Waals surface area (Å²) in [4.78, 5) is 23.0. The molecule has 136 valence electrons. The van der Waals surface area contributed by atoms with E-state index in [1.165, 1.54) is 58.8 Å². The monoisotopic (exact) mass is 328 g/mol. The Bertz CT molecular complexity index is 362. The molecule has 1 atom stereocenters. The van der Waals surface area contributed by atoms with Gasteiger partial charge < -0.3 is 10.2 Å². The molecular formula is C19H36O4. The maximum atomic E-state index is 11.6. The van der Waals surface area contributed by atoms with Gasteiger partial charge in [-0.25, -0.2) is 0 Å². The number of rotatable bonds is 14. The molecule has 0 spiro atoms. The van der Waals surface area contributed by atoms with E-state index in [-0.39, 0.29) is 0 Å². The molecule has 0 aliphatic carbocycles. The van der Waals surface area contributed by atoms with Crippen LogP contribution in [0, 0.1) is 10.8 Å². The quantitative estimate of drug-likeness (QED) is 0.413. The minimum Gasteiger partial charge on any atom is -0.481 e. The molecule has 0 radical (unpaired) electrons. The first-order valence-electron chi connectivity index (χ1n) is 9.17. The number of unbranched alkanes of at least 4 members (excludes halogenated alkanes) is 9. The van der Waals surface area contributed by atoms with Crippen molar-refractivity contribution in [2.45, 2.75) is 98.3 Å². The van der Waals surface area contributed by atoms with Crippen LogP contribution in [0.15, 0.2) is 0 Å². The second-order valence-corrected chi connectivity index (χ2v) is 7.50. The summed E-state index contributed by atoms with van der Waals surface area (Å²) in [6.45, 7) is 6.81. The molecule has 2 N–H and O–H groups in total. The van der Waals surface area contributed by atoms with Crippen LogP contribution in [0.2, 0.25) is 0 Å². The first kappa shape index (κ1) is 21.9.